The van der Waals surface area contributed by atoms with E-state index in [1.54, 1.807) is 13.8 Å². The summed E-state index contributed by atoms with van der Waals surface area (Å²) in [5.41, 5.74) is -1.07. The quantitative estimate of drug-likeness (QED) is 0.491. The monoisotopic (exact) mass is 431 g/mol. The van der Waals surface area contributed by atoms with Gasteiger partial charge in [-0.3, -0.25) is 9.79 Å². The SMILES string of the molecule is CCOC(=O)C1=C(CCl)N=C(C)C(C(=O)OCC)C1c1ccccc1C(F)(F)F. The van der Waals surface area contributed by atoms with Crippen molar-refractivity contribution in [1.82, 2.24) is 0 Å². The third kappa shape index (κ3) is 4.80. The molecule has 0 amide bonds. The molecule has 0 saturated heterocycles. The van der Waals surface area contributed by atoms with Gasteiger partial charge in [-0.2, -0.15) is 13.2 Å². The van der Waals surface area contributed by atoms with E-state index in [1.807, 2.05) is 0 Å². The molecule has 2 atom stereocenters. The molecule has 5 nitrogen and oxygen atoms in total. The first-order chi connectivity index (χ1) is 13.7. The van der Waals surface area contributed by atoms with Gasteiger partial charge in [-0.05, 0) is 32.4 Å². The second-order valence-corrected chi connectivity index (χ2v) is 6.53. The normalized spacial score (nSPS) is 19.6. The molecular weight excluding hydrogens is 411 g/mol. The molecule has 2 unspecified atom stereocenters. The number of halogens is 4. The standard InChI is InChI=1S/C20H21ClF3NO4/c1-4-28-18(26)15-11(3)25-14(10-21)17(19(27)29-5-2)16(15)12-8-6-7-9-13(12)20(22,23)24/h6-9,15-16H,4-5,10H2,1-3H3. The predicted molar refractivity (Wildman–Crippen MR) is 102 cm³/mol. The van der Waals surface area contributed by atoms with Crippen molar-refractivity contribution < 1.29 is 32.2 Å². The van der Waals surface area contributed by atoms with Crippen LogP contribution in [0.15, 0.2) is 40.5 Å². The molecule has 1 aromatic carbocycles. The van der Waals surface area contributed by atoms with Gasteiger partial charge < -0.3 is 9.47 Å². The molecule has 0 aromatic heterocycles. The Kier molecular flexibility index (Phi) is 7.46. The minimum Gasteiger partial charge on any atom is -0.465 e. The van der Waals surface area contributed by atoms with E-state index in [0.29, 0.717) is 0 Å². The van der Waals surface area contributed by atoms with Gasteiger partial charge >= 0.3 is 18.1 Å². The van der Waals surface area contributed by atoms with Gasteiger partial charge in [0.2, 0.25) is 0 Å². The number of alkyl halides is 4. The fraction of sp³-hybridized carbons (Fsp3) is 0.450. The lowest BCUT2D eigenvalue weighted by Crippen LogP contribution is -2.38. The fourth-order valence-electron chi connectivity index (χ4n) is 3.39. The molecule has 29 heavy (non-hydrogen) atoms. The molecule has 1 aromatic rings. The number of benzene rings is 1. The average Bonchev–Trinajstić information content (AvgIpc) is 2.66. The molecule has 0 N–H and O–H groups in total. The molecule has 1 aliphatic rings. The van der Waals surface area contributed by atoms with Gasteiger partial charge in [-0.15, -0.1) is 11.6 Å². The molecule has 0 bridgehead atoms. The first-order valence-electron chi connectivity index (χ1n) is 9.01. The summed E-state index contributed by atoms with van der Waals surface area (Å²) in [6, 6.07) is 4.80. The summed E-state index contributed by atoms with van der Waals surface area (Å²) in [6.07, 6.45) is -4.70. The number of hydrogen-bond donors (Lipinski definition) is 0. The number of nitrogens with zero attached hydrogens (tertiary/aromatic N) is 1. The number of hydrogen-bond acceptors (Lipinski definition) is 5. The Hall–Kier alpha value is -2.35. The van der Waals surface area contributed by atoms with Crippen LogP contribution in [0.3, 0.4) is 0 Å². The average molecular weight is 432 g/mol. The van der Waals surface area contributed by atoms with Gasteiger partial charge in [0, 0.05) is 11.6 Å². The minimum absolute atomic E-state index is 0.00168. The summed E-state index contributed by atoms with van der Waals surface area (Å²) in [6.45, 7) is 4.67. The summed E-state index contributed by atoms with van der Waals surface area (Å²) in [4.78, 5) is 29.6. The summed E-state index contributed by atoms with van der Waals surface area (Å²) in [5, 5.41) is 0. The second kappa shape index (κ2) is 9.43. The van der Waals surface area contributed by atoms with Gasteiger partial charge in [-0.25, -0.2) is 4.79 Å². The lowest BCUT2D eigenvalue weighted by atomic mass is 9.74. The van der Waals surface area contributed by atoms with Crippen molar-refractivity contribution in [3.8, 4) is 0 Å². The Labute approximate surface area is 171 Å². The molecule has 0 fully saturated rings. The minimum atomic E-state index is -4.70. The molecule has 1 heterocycles. The van der Waals surface area contributed by atoms with Crippen LogP contribution in [0, 0.1) is 5.92 Å². The van der Waals surface area contributed by atoms with E-state index in [1.165, 1.54) is 25.1 Å². The number of ether oxygens (including phenoxy) is 2. The molecule has 0 radical (unpaired) electrons. The second-order valence-electron chi connectivity index (χ2n) is 6.26. The molecule has 2 rings (SSSR count). The highest BCUT2D eigenvalue weighted by Gasteiger charge is 2.46. The number of allylic oxidation sites excluding steroid dienone is 1. The van der Waals surface area contributed by atoms with Crippen molar-refractivity contribution in [2.75, 3.05) is 19.1 Å². The van der Waals surface area contributed by atoms with Crippen molar-refractivity contribution in [2.45, 2.75) is 32.9 Å². The van der Waals surface area contributed by atoms with Gasteiger partial charge in [0.15, 0.2) is 0 Å². The summed E-state index contributed by atoms with van der Waals surface area (Å²) in [5.74, 6) is -4.38. The Morgan fingerprint density at radius 1 is 1.14 bits per heavy atom. The Bertz CT molecular complexity index is 848. The summed E-state index contributed by atoms with van der Waals surface area (Å²) in [7, 11) is 0. The zero-order valence-corrected chi connectivity index (χ0v) is 16.9. The molecule has 1 aliphatic heterocycles. The van der Waals surface area contributed by atoms with Crippen LogP contribution in [0.5, 0.6) is 0 Å². The molecular formula is C20H21ClF3NO4. The molecule has 158 valence electrons. The molecule has 0 spiro atoms. The first kappa shape index (κ1) is 22.9. The van der Waals surface area contributed by atoms with Crippen LogP contribution in [0.4, 0.5) is 13.2 Å². The van der Waals surface area contributed by atoms with E-state index >= 15 is 0 Å². The lowest BCUT2D eigenvalue weighted by Gasteiger charge is -2.33. The van der Waals surface area contributed by atoms with Crippen LogP contribution in [-0.4, -0.2) is 36.7 Å². The van der Waals surface area contributed by atoms with Crippen molar-refractivity contribution in [2.24, 2.45) is 10.9 Å². The number of rotatable bonds is 6. The topological polar surface area (TPSA) is 65.0 Å². The number of carbonyl (C=O) groups excluding carboxylic acids is 2. The fourth-order valence-corrected chi connectivity index (χ4v) is 3.59. The zero-order chi connectivity index (χ0) is 21.8. The Morgan fingerprint density at radius 2 is 1.76 bits per heavy atom. The summed E-state index contributed by atoms with van der Waals surface area (Å²) >= 11 is 5.94. The van der Waals surface area contributed by atoms with E-state index < -0.39 is 35.5 Å². The largest absolute Gasteiger partial charge is 0.465 e. The maximum Gasteiger partial charge on any atom is 0.416 e. The smallest absolute Gasteiger partial charge is 0.416 e. The van der Waals surface area contributed by atoms with Crippen LogP contribution in [0.25, 0.3) is 0 Å². The van der Waals surface area contributed by atoms with Crippen molar-refractivity contribution in [3.05, 3.63) is 46.7 Å². The molecule has 9 heteroatoms. The number of carbonyl (C=O) groups is 2. The van der Waals surface area contributed by atoms with Crippen molar-refractivity contribution in [1.29, 1.82) is 0 Å². The first-order valence-corrected chi connectivity index (χ1v) is 9.54. The van der Waals surface area contributed by atoms with Crippen LogP contribution < -0.4 is 0 Å². The number of esters is 2. The maximum atomic E-state index is 13.7. The highest BCUT2D eigenvalue weighted by Crippen LogP contribution is 2.45. The van der Waals surface area contributed by atoms with Gasteiger partial charge in [0.1, 0.15) is 5.92 Å². The van der Waals surface area contributed by atoms with Crippen LogP contribution >= 0.6 is 11.6 Å². The van der Waals surface area contributed by atoms with Crippen molar-refractivity contribution in [3.63, 3.8) is 0 Å². The Morgan fingerprint density at radius 3 is 2.31 bits per heavy atom. The van der Waals surface area contributed by atoms with E-state index in [2.05, 4.69) is 4.99 Å². The number of aliphatic imine (C=N–C) groups is 1. The van der Waals surface area contributed by atoms with Gasteiger partial charge in [0.25, 0.3) is 0 Å². The third-order valence-corrected chi connectivity index (χ3v) is 4.73. The lowest BCUT2D eigenvalue weighted by molar-refractivity contribution is -0.147. The highest BCUT2D eigenvalue weighted by molar-refractivity contribution is 6.20. The van der Waals surface area contributed by atoms with Crippen LogP contribution in [0.1, 0.15) is 37.8 Å². The molecule has 0 saturated carbocycles. The van der Waals surface area contributed by atoms with E-state index in [4.69, 9.17) is 21.1 Å². The summed E-state index contributed by atoms with van der Waals surface area (Å²) < 4.78 is 51.3. The van der Waals surface area contributed by atoms with Crippen LogP contribution in [-0.2, 0) is 25.2 Å². The predicted octanol–water partition coefficient (Wildman–Crippen LogP) is 4.50. The molecule has 0 aliphatic carbocycles. The van der Waals surface area contributed by atoms with Crippen molar-refractivity contribution >= 4 is 29.3 Å². The highest BCUT2D eigenvalue weighted by atomic mass is 35.5. The van der Waals surface area contributed by atoms with E-state index in [0.717, 1.165) is 6.07 Å². The Balaban J connectivity index is 2.81. The van der Waals surface area contributed by atoms with Gasteiger partial charge in [-0.1, -0.05) is 18.2 Å². The van der Waals surface area contributed by atoms with Gasteiger partial charge in [0.05, 0.1) is 35.9 Å². The van der Waals surface area contributed by atoms with Crippen LogP contribution in [0.2, 0.25) is 0 Å². The zero-order valence-electron chi connectivity index (χ0n) is 16.2. The van der Waals surface area contributed by atoms with E-state index in [9.17, 15) is 22.8 Å². The third-order valence-electron chi connectivity index (χ3n) is 4.48. The van der Waals surface area contributed by atoms with E-state index in [-0.39, 0.29) is 41.6 Å². The maximum absolute atomic E-state index is 13.7.